The van der Waals surface area contributed by atoms with Crippen LogP contribution in [0.2, 0.25) is 0 Å². The summed E-state index contributed by atoms with van der Waals surface area (Å²) in [6.45, 7) is 5.36. The van der Waals surface area contributed by atoms with Gasteiger partial charge in [0.05, 0.1) is 17.3 Å². The van der Waals surface area contributed by atoms with Gasteiger partial charge in [0.25, 0.3) is 11.7 Å². The van der Waals surface area contributed by atoms with Crippen LogP contribution in [0.3, 0.4) is 0 Å². The van der Waals surface area contributed by atoms with E-state index in [4.69, 9.17) is 0 Å². The quantitative estimate of drug-likeness (QED) is 0.691. The van der Waals surface area contributed by atoms with E-state index in [2.05, 4.69) is 10.4 Å². The molecule has 0 aliphatic heterocycles. The molecule has 0 bridgehead atoms. The Balaban J connectivity index is 2.15. The van der Waals surface area contributed by atoms with Gasteiger partial charge in [0.15, 0.2) is 0 Å². The van der Waals surface area contributed by atoms with Crippen LogP contribution in [0.4, 0.5) is 0 Å². The van der Waals surface area contributed by atoms with Gasteiger partial charge in [-0.25, -0.2) is 0 Å². The number of nitrogens with one attached hydrogen (secondary N) is 1. The third-order valence-corrected chi connectivity index (χ3v) is 3.59. The van der Waals surface area contributed by atoms with E-state index in [1.165, 1.54) is 0 Å². The second-order valence-electron chi connectivity index (χ2n) is 5.10. The minimum atomic E-state index is -0.606. The van der Waals surface area contributed by atoms with Crippen molar-refractivity contribution in [1.82, 2.24) is 15.1 Å². The molecule has 2 rings (SSSR count). The minimum absolute atomic E-state index is 0.222. The van der Waals surface area contributed by atoms with Gasteiger partial charge in [-0.1, -0.05) is 30.3 Å². The van der Waals surface area contributed by atoms with Gasteiger partial charge >= 0.3 is 0 Å². The standard InChI is InChI=1S/C16H19N3O2/c1-10(13-8-6-5-7-9-13)17-16(21)15(20)14-11(2)18-19(4)12(14)3/h5-10H,1-4H3,(H,17,21)/t10-/m0/s1. The van der Waals surface area contributed by atoms with Crippen molar-refractivity contribution in [3.8, 4) is 0 Å². The van der Waals surface area contributed by atoms with E-state index in [1.54, 1.807) is 25.6 Å². The van der Waals surface area contributed by atoms with Crippen LogP contribution in [0.1, 0.15) is 40.3 Å². The monoisotopic (exact) mass is 285 g/mol. The molecule has 1 N–H and O–H groups in total. The van der Waals surface area contributed by atoms with Crippen LogP contribution in [0.25, 0.3) is 0 Å². The third-order valence-electron chi connectivity index (χ3n) is 3.59. The molecule has 0 saturated carbocycles. The summed E-state index contributed by atoms with van der Waals surface area (Å²) in [5.74, 6) is -1.15. The summed E-state index contributed by atoms with van der Waals surface area (Å²) in [5, 5.41) is 6.90. The summed E-state index contributed by atoms with van der Waals surface area (Å²) >= 11 is 0. The van der Waals surface area contributed by atoms with Crippen LogP contribution in [0.5, 0.6) is 0 Å². The largest absolute Gasteiger partial charge is 0.343 e. The zero-order valence-corrected chi connectivity index (χ0v) is 12.7. The van der Waals surface area contributed by atoms with Gasteiger partial charge in [-0.3, -0.25) is 14.3 Å². The number of amides is 1. The number of hydrogen-bond acceptors (Lipinski definition) is 3. The second-order valence-corrected chi connectivity index (χ2v) is 5.10. The highest BCUT2D eigenvalue weighted by atomic mass is 16.2. The summed E-state index contributed by atoms with van der Waals surface area (Å²) in [6, 6.07) is 9.31. The molecule has 0 unspecified atom stereocenters. The van der Waals surface area contributed by atoms with Gasteiger partial charge < -0.3 is 5.32 Å². The van der Waals surface area contributed by atoms with Crippen LogP contribution in [-0.2, 0) is 11.8 Å². The summed E-state index contributed by atoms with van der Waals surface area (Å²) in [7, 11) is 1.75. The highest BCUT2D eigenvalue weighted by Gasteiger charge is 2.24. The molecule has 0 spiro atoms. The van der Waals surface area contributed by atoms with Gasteiger partial charge in [0.2, 0.25) is 0 Å². The van der Waals surface area contributed by atoms with E-state index in [-0.39, 0.29) is 6.04 Å². The van der Waals surface area contributed by atoms with Crippen molar-refractivity contribution in [3.63, 3.8) is 0 Å². The van der Waals surface area contributed by atoms with Crippen molar-refractivity contribution in [2.75, 3.05) is 0 Å². The molecular formula is C16H19N3O2. The molecule has 0 radical (unpaired) electrons. The lowest BCUT2D eigenvalue weighted by atomic mass is 10.1. The van der Waals surface area contributed by atoms with E-state index < -0.39 is 11.7 Å². The number of aryl methyl sites for hydroxylation is 2. The maximum Gasteiger partial charge on any atom is 0.293 e. The highest BCUT2D eigenvalue weighted by Crippen LogP contribution is 2.15. The number of hydrogen-bond donors (Lipinski definition) is 1. The van der Waals surface area contributed by atoms with Gasteiger partial charge in [0.1, 0.15) is 0 Å². The first-order chi connectivity index (χ1) is 9.91. The van der Waals surface area contributed by atoms with Gasteiger partial charge in [-0.15, -0.1) is 0 Å². The molecule has 5 heteroatoms. The van der Waals surface area contributed by atoms with Gasteiger partial charge in [-0.05, 0) is 26.3 Å². The number of Topliss-reactive ketones (excluding diaryl/α,β-unsaturated/α-hetero) is 1. The maximum atomic E-state index is 12.3. The highest BCUT2D eigenvalue weighted by molar-refractivity contribution is 6.43. The average molecular weight is 285 g/mol. The van der Waals surface area contributed by atoms with Gasteiger partial charge in [0, 0.05) is 12.7 Å². The SMILES string of the molecule is Cc1nn(C)c(C)c1C(=O)C(=O)N[C@@H](C)c1ccccc1. The maximum absolute atomic E-state index is 12.3. The topological polar surface area (TPSA) is 64.0 Å². The normalized spacial score (nSPS) is 12.0. The first-order valence-electron chi connectivity index (χ1n) is 6.82. The van der Waals surface area contributed by atoms with Crippen molar-refractivity contribution in [3.05, 3.63) is 52.8 Å². The second kappa shape index (κ2) is 5.91. The molecule has 1 atom stereocenters. The summed E-state index contributed by atoms with van der Waals surface area (Å²) in [6.07, 6.45) is 0. The van der Waals surface area contributed by atoms with E-state index in [1.807, 2.05) is 37.3 Å². The Morgan fingerprint density at radius 3 is 2.33 bits per heavy atom. The Labute approximate surface area is 124 Å². The first kappa shape index (κ1) is 15.0. The fourth-order valence-corrected chi connectivity index (χ4v) is 2.30. The van der Waals surface area contributed by atoms with E-state index in [0.717, 1.165) is 5.56 Å². The van der Waals surface area contributed by atoms with Crippen molar-refractivity contribution >= 4 is 11.7 Å². The number of carbonyl (C=O) groups is 2. The Hall–Kier alpha value is -2.43. The predicted molar refractivity (Wildman–Crippen MR) is 80.0 cm³/mol. The molecule has 0 aliphatic carbocycles. The van der Waals surface area contributed by atoms with Crippen LogP contribution >= 0.6 is 0 Å². The molecule has 0 fully saturated rings. The van der Waals surface area contributed by atoms with Crippen LogP contribution in [0, 0.1) is 13.8 Å². The lowest BCUT2D eigenvalue weighted by molar-refractivity contribution is -0.117. The molecular weight excluding hydrogens is 266 g/mol. The predicted octanol–water partition coefficient (Wildman–Crippen LogP) is 2.10. The minimum Gasteiger partial charge on any atom is -0.343 e. The van der Waals surface area contributed by atoms with Crippen molar-refractivity contribution in [2.45, 2.75) is 26.8 Å². The lowest BCUT2D eigenvalue weighted by Gasteiger charge is -2.13. The Morgan fingerprint density at radius 2 is 1.81 bits per heavy atom. The van der Waals surface area contributed by atoms with Crippen molar-refractivity contribution in [2.24, 2.45) is 7.05 Å². The van der Waals surface area contributed by atoms with Crippen molar-refractivity contribution < 1.29 is 9.59 Å². The number of nitrogens with zero attached hydrogens (tertiary/aromatic N) is 2. The number of ketones is 1. The molecule has 110 valence electrons. The average Bonchev–Trinajstić information content (AvgIpc) is 2.72. The van der Waals surface area contributed by atoms with Crippen LogP contribution in [0.15, 0.2) is 30.3 Å². The lowest BCUT2D eigenvalue weighted by Crippen LogP contribution is -2.33. The molecule has 1 amide bonds. The fraction of sp³-hybridized carbons (Fsp3) is 0.312. The number of carbonyl (C=O) groups excluding carboxylic acids is 2. The molecule has 0 saturated heterocycles. The van der Waals surface area contributed by atoms with Crippen LogP contribution in [-0.4, -0.2) is 21.5 Å². The van der Waals surface area contributed by atoms with E-state index in [9.17, 15) is 9.59 Å². The van der Waals surface area contributed by atoms with E-state index >= 15 is 0 Å². The summed E-state index contributed by atoms with van der Waals surface area (Å²) < 4.78 is 1.61. The van der Waals surface area contributed by atoms with Crippen molar-refractivity contribution in [1.29, 1.82) is 0 Å². The Kier molecular flexibility index (Phi) is 4.21. The zero-order chi connectivity index (χ0) is 15.6. The smallest absolute Gasteiger partial charge is 0.293 e. The summed E-state index contributed by atoms with van der Waals surface area (Å²) in [5.41, 5.74) is 2.61. The molecule has 1 heterocycles. The van der Waals surface area contributed by atoms with Gasteiger partial charge in [-0.2, -0.15) is 5.10 Å². The number of rotatable bonds is 4. The zero-order valence-electron chi connectivity index (χ0n) is 12.7. The molecule has 1 aromatic heterocycles. The number of aromatic nitrogens is 2. The Bertz CT molecular complexity index is 674. The molecule has 0 aliphatic rings. The summed E-state index contributed by atoms with van der Waals surface area (Å²) in [4.78, 5) is 24.4. The number of benzene rings is 1. The molecule has 21 heavy (non-hydrogen) atoms. The first-order valence-corrected chi connectivity index (χ1v) is 6.82. The Morgan fingerprint density at radius 1 is 1.19 bits per heavy atom. The third kappa shape index (κ3) is 3.02. The van der Waals surface area contributed by atoms with Crippen LogP contribution < -0.4 is 5.32 Å². The molecule has 5 nitrogen and oxygen atoms in total. The van der Waals surface area contributed by atoms with E-state index in [0.29, 0.717) is 17.0 Å². The fourth-order valence-electron chi connectivity index (χ4n) is 2.30. The molecule has 2 aromatic rings. The molecule has 1 aromatic carbocycles.